The molecule has 2 fully saturated rings. The third-order valence-electron chi connectivity index (χ3n) is 7.70. The highest BCUT2D eigenvalue weighted by Crippen LogP contribution is 2.30. The summed E-state index contributed by atoms with van der Waals surface area (Å²) in [5.41, 5.74) is 6.04. The number of nitrogens with one attached hydrogen (secondary N) is 2. The maximum Gasteiger partial charge on any atom is 0.421 e. The fraction of sp³-hybridized carbons (Fsp3) is 0.600. The Morgan fingerprint density at radius 1 is 1.22 bits per heavy atom. The summed E-state index contributed by atoms with van der Waals surface area (Å²) in [6.07, 6.45) is 2.14. The average Bonchev–Trinajstić information content (AvgIpc) is 2.89. The lowest BCUT2D eigenvalue weighted by atomic mass is 9.82. The van der Waals surface area contributed by atoms with E-state index in [-0.39, 0.29) is 18.3 Å². The minimum absolute atomic E-state index is 0.0953. The summed E-state index contributed by atoms with van der Waals surface area (Å²) in [6, 6.07) is 7.69. The van der Waals surface area contributed by atoms with Gasteiger partial charge in [-0.1, -0.05) is 38.8 Å². The van der Waals surface area contributed by atoms with Crippen molar-refractivity contribution in [1.29, 1.82) is 0 Å². The number of carbonyl (C=O) groups is 1. The molecule has 1 saturated heterocycles. The SMILES string of the molecule is C=C(NC(=NCCCN(CCC)C(=O)CCC1CCC1)/C(=C\N)C(F)(F)F)Nc1cccc(N2CCN(C)CC2)c1. The molecule has 0 radical (unpaired) electrons. The molecule has 1 saturated carbocycles. The van der Waals surface area contributed by atoms with Gasteiger partial charge in [0.05, 0.1) is 0 Å². The summed E-state index contributed by atoms with van der Waals surface area (Å²) in [7, 11) is 2.09. The highest BCUT2D eigenvalue weighted by atomic mass is 19.4. The third-order valence-corrected chi connectivity index (χ3v) is 7.70. The number of piperazine rings is 1. The average molecular weight is 578 g/mol. The quantitative estimate of drug-likeness (QED) is 0.165. The maximum absolute atomic E-state index is 13.8. The van der Waals surface area contributed by atoms with E-state index >= 15 is 0 Å². The van der Waals surface area contributed by atoms with Gasteiger partial charge in [0.2, 0.25) is 5.91 Å². The Kier molecular flexibility index (Phi) is 12.4. The number of likely N-dealkylation sites (N-methyl/N-ethyl adjacent to an activating group) is 1. The van der Waals surface area contributed by atoms with E-state index in [2.05, 4.69) is 39.1 Å². The van der Waals surface area contributed by atoms with Gasteiger partial charge >= 0.3 is 6.18 Å². The molecule has 1 amide bonds. The van der Waals surface area contributed by atoms with Gasteiger partial charge in [0.15, 0.2) is 0 Å². The van der Waals surface area contributed by atoms with E-state index in [9.17, 15) is 18.0 Å². The fourth-order valence-electron chi connectivity index (χ4n) is 5.04. The molecule has 2 aliphatic rings. The first-order valence-electron chi connectivity index (χ1n) is 14.7. The predicted octanol–water partition coefficient (Wildman–Crippen LogP) is 4.92. The van der Waals surface area contributed by atoms with Crippen LogP contribution in [0.4, 0.5) is 24.5 Å². The van der Waals surface area contributed by atoms with E-state index < -0.39 is 17.6 Å². The first kappa shape index (κ1) is 32.3. The number of halogens is 3. The summed E-state index contributed by atoms with van der Waals surface area (Å²) in [6.45, 7) is 10.8. The largest absolute Gasteiger partial charge is 0.421 e. The number of alkyl halides is 3. The summed E-state index contributed by atoms with van der Waals surface area (Å²) in [5, 5.41) is 5.74. The van der Waals surface area contributed by atoms with Crippen LogP contribution in [0.15, 0.2) is 53.4 Å². The molecule has 0 atom stereocenters. The van der Waals surface area contributed by atoms with Gasteiger partial charge in [-0.15, -0.1) is 0 Å². The van der Waals surface area contributed by atoms with Crippen molar-refractivity contribution in [3.63, 3.8) is 0 Å². The predicted molar refractivity (Wildman–Crippen MR) is 161 cm³/mol. The summed E-state index contributed by atoms with van der Waals surface area (Å²) < 4.78 is 41.3. The van der Waals surface area contributed by atoms with Crippen molar-refractivity contribution in [2.45, 2.75) is 58.0 Å². The van der Waals surface area contributed by atoms with Gasteiger partial charge in [0, 0.05) is 69.8 Å². The van der Waals surface area contributed by atoms with Gasteiger partial charge in [-0.05, 0) is 50.4 Å². The van der Waals surface area contributed by atoms with E-state index in [1.807, 2.05) is 31.2 Å². The van der Waals surface area contributed by atoms with Gasteiger partial charge in [-0.2, -0.15) is 13.2 Å². The Morgan fingerprint density at radius 2 is 1.95 bits per heavy atom. The van der Waals surface area contributed by atoms with Crippen molar-refractivity contribution < 1.29 is 18.0 Å². The second kappa shape index (κ2) is 15.7. The van der Waals surface area contributed by atoms with Crippen LogP contribution in [0.3, 0.4) is 0 Å². The number of benzene rings is 1. The molecule has 1 aromatic rings. The normalized spacial score (nSPS) is 17.2. The Morgan fingerprint density at radius 3 is 2.56 bits per heavy atom. The van der Waals surface area contributed by atoms with E-state index in [4.69, 9.17) is 5.73 Å². The minimum atomic E-state index is -4.70. The highest BCUT2D eigenvalue weighted by Gasteiger charge is 2.37. The summed E-state index contributed by atoms with van der Waals surface area (Å²) >= 11 is 0. The fourth-order valence-corrected chi connectivity index (χ4v) is 5.04. The Bertz CT molecular complexity index is 1060. The van der Waals surface area contributed by atoms with Crippen LogP contribution in [0.1, 0.15) is 51.9 Å². The Hall–Kier alpha value is -3.21. The monoisotopic (exact) mass is 577 g/mol. The summed E-state index contributed by atoms with van der Waals surface area (Å²) in [4.78, 5) is 23.3. The molecule has 41 heavy (non-hydrogen) atoms. The first-order valence-corrected chi connectivity index (χ1v) is 14.7. The molecule has 3 rings (SSSR count). The standard InChI is InChI=1S/C30H46F3N7O/c1-4-15-40(28(41)13-12-24-8-5-9-24)16-7-14-35-29(27(22-34)30(31,32)33)37-23(2)36-25-10-6-11-26(21-25)39-19-17-38(3)18-20-39/h6,10-11,21-22,24,36H,2,4-5,7-9,12-20,34H2,1,3H3,(H,35,37)/b27-22+. The van der Waals surface area contributed by atoms with Gasteiger partial charge < -0.3 is 31.1 Å². The van der Waals surface area contributed by atoms with Crippen LogP contribution in [0, 0.1) is 5.92 Å². The molecule has 8 nitrogen and oxygen atoms in total. The van der Waals surface area contributed by atoms with Crippen molar-refractivity contribution in [3.05, 3.63) is 48.4 Å². The number of nitrogens with two attached hydrogens (primary N) is 1. The van der Waals surface area contributed by atoms with Gasteiger partial charge in [0.1, 0.15) is 17.2 Å². The molecule has 228 valence electrons. The van der Waals surface area contributed by atoms with Gasteiger partial charge in [0.25, 0.3) is 0 Å². The number of anilines is 2. The van der Waals surface area contributed by atoms with Crippen LogP contribution in [0.2, 0.25) is 0 Å². The first-order chi connectivity index (χ1) is 19.6. The molecule has 1 aliphatic heterocycles. The van der Waals surface area contributed by atoms with E-state index in [0.717, 1.165) is 44.7 Å². The smallest absolute Gasteiger partial charge is 0.404 e. The molecule has 1 aromatic carbocycles. The number of amidine groups is 1. The molecular weight excluding hydrogens is 531 g/mol. The number of hydrogen-bond acceptors (Lipinski definition) is 6. The van der Waals surface area contributed by atoms with Crippen molar-refractivity contribution in [2.75, 3.05) is 63.1 Å². The second-order valence-electron chi connectivity index (χ2n) is 10.9. The van der Waals surface area contributed by atoms with E-state index in [1.54, 1.807) is 4.90 Å². The zero-order valence-electron chi connectivity index (χ0n) is 24.5. The molecule has 4 N–H and O–H groups in total. The zero-order valence-corrected chi connectivity index (χ0v) is 24.5. The molecule has 0 bridgehead atoms. The number of nitrogens with zero attached hydrogens (tertiary/aromatic N) is 4. The van der Waals surface area contributed by atoms with Crippen LogP contribution in [-0.2, 0) is 4.79 Å². The molecular formula is C30H46F3N7O. The topological polar surface area (TPSA) is 89.2 Å². The summed E-state index contributed by atoms with van der Waals surface area (Å²) in [5.74, 6) is 0.489. The van der Waals surface area contributed by atoms with Crippen LogP contribution >= 0.6 is 0 Å². The van der Waals surface area contributed by atoms with Crippen LogP contribution < -0.4 is 21.3 Å². The van der Waals surface area contributed by atoms with Crippen LogP contribution in [-0.4, -0.2) is 80.6 Å². The minimum Gasteiger partial charge on any atom is -0.404 e. The number of hydrogen-bond donors (Lipinski definition) is 3. The lowest BCUT2D eigenvalue weighted by Gasteiger charge is -2.34. The van der Waals surface area contributed by atoms with Crippen molar-refractivity contribution >= 4 is 23.1 Å². The lowest BCUT2D eigenvalue weighted by molar-refractivity contribution is -0.131. The molecule has 0 unspecified atom stereocenters. The van der Waals surface area contributed by atoms with Gasteiger partial charge in [-0.25, -0.2) is 0 Å². The molecule has 0 aromatic heterocycles. The Balaban J connectivity index is 1.61. The van der Waals surface area contributed by atoms with Crippen LogP contribution in [0.25, 0.3) is 0 Å². The number of carbonyl (C=O) groups excluding carboxylic acids is 1. The van der Waals surface area contributed by atoms with Crippen LogP contribution in [0.5, 0.6) is 0 Å². The van der Waals surface area contributed by atoms with E-state index in [1.165, 1.54) is 19.3 Å². The maximum atomic E-state index is 13.8. The number of amides is 1. The molecule has 1 heterocycles. The van der Waals surface area contributed by atoms with Gasteiger partial charge in [-0.3, -0.25) is 9.79 Å². The van der Waals surface area contributed by atoms with E-state index in [0.29, 0.717) is 43.7 Å². The zero-order chi connectivity index (χ0) is 29.8. The Labute approximate surface area is 242 Å². The van der Waals surface area contributed by atoms with Crippen molar-refractivity contribution in [1.82, 2.24) is 15.1 Å². The van der Waals surface area contributed by atoms with Crippen molar-refractivity contribution in [3.8, 4) is 0 Å². The lowest BCUT2D eigenvalue weighted by Crippen LogP contribution is -2.44. The highest BCUT2D eigenvalue weighted by molar-refractivity contribution is 6.00. The molecule has 0 spiro atoms. The second-order valence-corrected chi connectivity index (χ2v) is 10.9. The number of aliphatic imine (C=N–C) groups is 1. The molecule has 1 aliphatic carbocycles. The third kappa shape index (κ3) is 10.3. The molecule has 11 heteroatoms. The number of rotatable bonds is 14. The van der Waals surface area contributed by atoms with Crippen molar-refractivity contribution in [2.24, 2.45) is 16.6 Å².